The highest BCUT2D eigenvalue weighted by atomic mass is 19.4. The number of hydrogen-bond acceptors (Lipinski definition) is 2. The van der Waals surface area contributed by atoms with Crippen molar-refractivity contribution in [1.82, 2.24) is 0 Å². The van der Waals surface area contributed by atoms with E-state index in [0.29, 0.717) is 5.69 Å². The van der Waals surface area contributed by atoms with Crippen LogP contribution >= 0.6 is 0 Å². The van der Waals surface area contributed by atoms with Crippen LogP contribution in [0.5, 0.6) is 0 Å². The molecule has 0 fully saturated rings. The fraction of sp³-hybridized carbons (Fsp3) is 0.133. The van der Waals surface area contributed by atoms with E-state index >= 15 is 0 Å². The molecule has 0 aliphatic heterocycles. The summed E-state index contributed by atoms with van der Waals surface area (Å²) in [5.74, 6) is -0.847. The van der Waals surface area contributed by atoms with E-state index in [-0.39, 0.29) is 5.69 Å². The van der Waals surface area contributed by atoms with Gasteiger partial charge in [0, 0.05) is 0 Å². The second-order valence-corrected chi connectivity index (χ2v) is 4.59. The van der Waals surface area contributed by atoms with Crippen LogP contribution in [0.15, 0.2) is 42.5 Å². The average molecular weight is 294 g/mol. The number of benzene rings is 2. The van der Waals surface area contributed by atoms with Crippen LogP contribution in [0.2, 0.25) is 0 Å². The van der Waals surface area contributed by atoms with Gasteiger partial charge in [0.15, 0.2) is 0 Å². The predicted octanol–water partition coefficient (Wildman–Crippen LogP) is 3.85. The van der Waals surface area contributed by atoms with E-state index < -0.39 is 23.2 Å². The normalized spacial score (nSPS) is 11.2. The second-order valence-electron chi connectivity index (χ2n) is 4.59. The summed E-state index contributed by atoms with van der Waals surface area (Å²) in [7, 11) is 0. The van der Waals surface area contributed by atoms with E-state index in [1.165, 1.54) is 12.1 Å². The van der Waals surface area contributed by atoms with E-state index in [0.717, 1.165) is 17.7 Å². The number of aryl methyl sites for hydroxylation is 1. The van der Waals surface area contributed by atoms with Gasteiger partial charge in [-0.25, -0.2) is 0 Å². The number of hydrogen-bond donors (Lipinski definition) is 2. The molecule has 0 saturated carbocycles. The Bertz CT molecular complexity index is 681. The zero-order valence-electron chi connectivity index (χ0n) is 11.2. The van der Waals surface area contributed by atoms with Crippen LogP contribution < -0.4 is 11.1 Å². The third-order valence-corrected chi connectivity index (χ3v) is 2.93. The van der Waals surface area contributed by atoms with Crippen molar-refractivity contribution >= 4 is 17.3 Å². The third-order valence-electron chi connectivity index (χ3n) is 2.93. The van der Waals surface area contributed by atoms with E-state index in [2.05, 4.69) is 5.32 Å². The monoisotopic (exact) mass is 294 g/mol. The highest BCUT2D eigenvalue weighted by Gasteiger charge is 2.34. The lowest BCUT2D eigenvalue weighted by atomic mass is 10.1. The van der Waals surface area contributed by atoms with Crippen molar-refractivity contribution in [1.29, 1.82) is 0 Å². The van der Waals surface area contributed by atoms with Gasteiger partial charge in [-0.05, 0) is 36.8 Å². The second kappa shape index (κ2) is 5.47. The summed E-state index contributed by atoms with van der Waals surface area (Å²) in [5.41, 5.74) is 5.70. The summed E-state index contributed by atoms with van der Waals surface area (Å²) in [6.45, 7) is 1.79. The summed E-state index contributed by atoms with van der Waals surface area (Å²) >= 11 is 0. The Labute approximate surface area is 119 Å². The lowest BCUT2D eigenvalue weighted by molar-refractivity contribution is -0.137. The molecule has 0 aliphatic carbocycles. The number of carbonyl (C=O) groups excluding carboxylic acids is 1. The zero-order chi connectivity index (χ0) is 15.6. The number of nitrogens with two attached hydrogens (primary N) is 1. The van der Waals surface area contributed by atoms with Gasteiger partial charge in [0.25, 0.3) is 5.91 Å². The average Bonchev–Trinajstić information content (AvgIpc) is 2.42. The molecule has 3 nitrogen and oxygen atoms in total. The topological polar surface area (TPSA) is 55.1 Å². The Morgan fingerprint density at radius 2 is 1.81 bits per heavy atom. The maximum Gasteiger partial charge on any atom is 0.417 e. The first-order valence-electron chi connectivity index (χ1n) is 6.13. The molecule has 110 valence electrons. The first kappa shape index (κ1) is 14.9. The van der Waals surface area contributed by atoms with E-state index in [4.69, 9.17) is 5.73 Å². The van der Waals surface area contributed by atoms with Crippen molar-refractivity contribution in [2.75, 3.05) is 11.1 Å². The maximum absolute atomic E-state index is 12.9. The smallest absolute Gasteiger partial charge is 0.397 e. The fourth-order valence-electron chi connectivity index (χ4n) is 1.90. The molecule has 6 heteroatoms. The lowest BCUT2D eigenvalue weighted by Gasteiger charge is -2.13. The molecule has 0 bridgehead atoms. The Kier molecular flexibility index (Phi) is 3.88. The van der Waals surface area contributed by atoms with Crippen LogP contribution in [-0.4, -0.2) is 5.91 Å². The molecule has 0 saturated heterocycles. The Hall–Kier alpha value is -2.50. The van der Waals surface area contributed by atoms with Crippen molar-refractivity contribution in [3.05, 3.63) is 59.2 Å². The Morgan fingerprint density at radius 1 is 1.14 bits per heavy atom. The van der Waals surface area contributed by atoms with Crippen LogP contribution in [0.25, 0.3) is 0 Å². The first-order chi connectivity index (χ1) is 9.79. The van der Waals surface area contributed by atoms with Crippen LogP contribution in [-0.2, 0) is 6.18 Å². The molecular weight excluding hydrogens is 281 g/mol. The first-order valence-corrected chi connectivity index (χ1v) is 6.13. The molecule has 21 heavy (non-hydrogen) atoms. The number of amides is 1. The summed E-state index contributed by atoms with van der Waals surface area (Å²) in [6.07, 6.45) is -4.59. The van der Waals surface area contributed by atoms with Crippen LogP contribution in [0.3, 0.4) is 0 Å². The lowest BCUT2D eigenvalue weighted by Crippen LogP contribution is -2.19. The minimum atomic E-state index is -4.59. The van der Waals surface area contributed by atoms with Gasteiger partial charge in [0.05, 0.1) is 22.5 Å². The van der Waals surface area contributed by atoms with Gasteiger partial charge >= 0.3 is 6.18 Å². The summed E-state index contributed by atoms with van der Waals surface area (Å²) in [5, 5.41) is 2.42. The van der Waals surface area contributed by atoms with Crippen molar-refractivity contribution in [2.45, 2.75) is 13.1 Å². The van der Waals surface area contributed by atoms with Gasteiger partial charge in [-0.1, -0.05) is 18.2 Å². The number of halogens is 3. The van der Waals surface area contributed by atoms with Crippen LogP contribution in [0, 0.1) is 6.92 Å². The Balaban J connectivity index is 2.36. The molecule has 0 radical (unpaired) electrons. The van der Waals surface area contributed by atoms with Crippen molar-refractivity contribution in [2.24, 2.45) is 0 Å². The molecule has 2 rings (SSSR count). The largest absolute Gasteiger partial charge is 0.417 e. The molecule has 2 aromatic carbocycles. The summed E-state index contributed by atoms with van der Waals surface area (Å²) in [4.78, 5) is 12.1. The summed E-state index contributed by atoms with van der Waals surface area (Å²) < 4.78 is 38.7. The van der Waals surface area contributed by atoms with Gasteiger partial charge in [0.2, 0.25) is 0 Å². The number of rotatable bonds is 2. The molecule has 3 N–H and O–H groups in total. The van der Waals surface area contributed by atoms with Crippen LogP contribution in [0.4, 0.5) is 24.5 Å². The molecule has 1 amide bonds. The van der Waals surface area contributed by atoms with Crippen molar-refractivity contribution < 1.29 is 18.0 Å². The van der Waals surface area contributed by atoms with E-state index in [1.54, 1.807) is 25.1 Å². The van der Waals surface area contributed by atoms with Gasteiger partial charge in [-0.3, -0.25) is 4.79 Å². The fourth-order valence-corrected chi connectivity index (χ4v) is 1.90. The minimum Gasteiger partial charge on any atom is -0.397 e. The minimum absolute atomic E-state index is 0.289. The van der Waals surface area contributed by atoms with Crippen molar-refractivity contribution in [3.63, 3.8) is 0 Å². The van der Waals surface area contributed by atoms with Gasteiger partial charge < -0.3 is 11.1 Å². The SMILES string of the molecule is Cc1ccc(N)c(NC(=O)c2ccccc2C(F)(F)F)c1. The van der Waals surface area contributed by atoms with Crippen LogP contribution in [0.1, 0.15) is 21.5 Å². The standard InChI is InChI=1S/C15H13F3N2O/c1-9-6-7-12(19)13(8-9)20-14(21)10-4-2-3-5-11(10)15(16,17)18/h2-8H,19H2,1H3,(H,20,21). The Morgan fingerprint density at radius 3 is 2.48 bits per heavy atom. The van der Waals surface area contributed by atoms with Gasteiger partial charge in [0.1, 0.15) is 0 Å². The molecule has 2 aromatic rings. The number of carbonyl (C=O) groups is 1. The molecule has 0 unspecified atom stereocenters. The highest BCUT2D eigenvalue weighted by Crippen LogP contribution is 2.32. The summed E-state index contributed by atoms with van der Waals surface area (Å²) in [6, 6.07) is 9.54. The van der Waals surface area contributed by atoms with Gasteiger partial charge in [-0.2, -0.15) is 13.2 Å². The molecular formula is C15H13F3N2O. The highest BCUT2D eigenvalue weighted by molar-refractivity contribution is 6.06. The van der Waals surface area contributed by atoms with E-state index in [9.17, 15) is 18.0 Å². The van der Waals surface area contributed by atoms with E-state index in [1.807, 2.05) is 0 Å². The van der Waals surface area contributed by atoms with Crippen molar-refractivity contribution in [3.8, 4) is 0 Å². The molecule has 0 aliphatic rings. The number of nitrogen functional groups attached to an aromatic ring is 1. The molecule has 0 aromatic heterocycles. The number of nitrogens with one attached hydrogen (secondary N) is 1. The van der Waals surface area contributed by atoms with Gasteiger partial charge in [-0.15, -0.1) is 0 Å². The predicted molar refractivity (Wildman–Crippen MR) is 75.0 cm³/mol. The molecule has 0 spiro atoms. The number of alkyl halides is 3. The number of anilines is 2. The third kappa shape index (κ3) is 3.34. The zero-order valence-corrected chi connectivity index (χ0v) is 11.2. The maximum atomic E-state index is 12.9. The quantitative estimate of drug-likeness (QED) is 0.827. The molecule has 0 atom stereocenters. The molecule has 0 heterocycles.